The predicted octanol–water partition coefficient (Wildman–Crippen LogP) is 0.960. The molecule has 9 heteroatoms. The molecule has 0 aliphatic heterocycles. The van der Waals surface area contributed by atoms with E-state index in [2.05, 4.69) is 0 Å². The Morgan fingerprint density at radius 2 is 2.05 bits per heavy atom. The van der Waals surface area contributed by atoms with Crippen molar-refractivity contribution in [3.05, 3.63) is 28.3 Å². The quantitative estimate of drug-likeness (QED) is 0.417. The van der Waals surface area contributed by atoms with Crippen LogP contribution in [0.25, 0.3) is 0 Å². The minimum Gasteiger partial charge on any atom is -0.398 e. The van der Waals surface area contributed by atoms with Crippen LogP contribution in [-0.4, -0.2) is 42.4 Å². The highest BCUT2D eigenvalue weighted by molar-refractivity contribution is 7.89. The predicted molar refractivity (Wildman–Crippen MR) is 78.3 cm³/mol. The van der Waals surface area contributed by atoms with Gasteiger partial charge in [-0.15, -0.1) is 0 Å². The van der Waals surface area contributed by atoms with Gasteiger partial charge in [0.05, 0.1) is 17.2 Å². The number of nitrogens with zero attached hydrogens (tertiary/aromatic N) is 2. The van der Waals surface area contributed by atoms with Gasteiger partial charge in [0.15, 0.2) is 0 Å². The van der Waals surface area contributed by atoms with Gasteiger partial charge in [-0.2, -0.15) is 4.31 Å². The fourth-order valence-electron chi connectivity index (χ4n) is 1.80. The van der Waals surface area contributed by atoms with Gasteiger partial charge >= 0.3 is 0 Å². The van der Waals surface area contributed by atoms with Crippen molar-refractivity contribution in [1.29, 1.82) is 0 Å². The van der Waals surface area contributed by atoms with Gasteiger partial charge in [-0.3, -0.25) is 10.1 Å². The molecule has 8 nitrogen and oxygen atoms in total. The summed E-state index contributed by atoms with van der Waals surface area (Å²) in [6.45, 7) is 1.72. The molecule has 0 aliphatic rings. The minimum absolute atomic E-state index is 0.0555. The Kier molecular flexibility index (Phi) is 6.06. The Bertz CT molecular complexity index is 603. The highest BCUT2D eigenvalue weighted by Gasteiger charge is 2.27. The zero-order valence-corrected chi connectivity index (χ0v) is 12.5. The number of nitro groups is 1. The molecule has 0 saturated carbocycles. The van der Waals surface area contributed by atoms with E-state index in [0.29, 0.717) is 6.42 Å². The molecule has 0 fully saturated rings. The maximum Gasteiger partial charge on any atom is 0.270 e. The molecule has 0 aliphatic carbocycles. The number of aliphatic hydroxyl groups is 1. The summed E-state index contributed by atoms with van der Waals surface area (Å²) in [7, 11) is -3.98. The first-order valence-corrected chi connectivity index (χ1v) is 7.93. The van der Waals surface area contributed by atoms with Crippen LogP contribution >= 0.6 is 0 Å². The van der Waals surface area contributed by atoms with Crippen molar-refractivity contribution in [2.75, 3.05) is 25.4 Å². The number of anilines is 1. The van der Waals surface area contributed by atoms with Crippen molar-refractivity contribution in [3.8, 4) is 0 Å². The summed E-state index contributed by atoms with van der Waals surface area (Å²) in [5, 5.41) is 19.8. The number of hydrogen-bond acceptors (Lipinski definition) is 6. The van der Waals surface area contributed by atoms with Crippen LogP contribution in [0.2, 0.25) is 0 Å². The Morgan fingerprint density at radius 3 is 2.57 bits per heavy atom. The Balaban J connectivity index is 3.26. The molecule has 0 unspecified atom stereocenters. The van der Waals surface area contributed by atoms with Crippen LogP contribution in [0.1, 0.15) is 19.8 Å². The molecule has 1 aromatic carbocycles. The van der Waals surface area contributed by atoms with E-state index in [4.69, 9.17) is 10.8 Å². The summed E-state index contributed by atoms with van der Waals surface area (Å²) in [6.07, 6.45) is 1.40. The van der Waals surface area contributed by atoms with Crippen LogP contribution < -0.4 is 5.73 Å². The number of aliphatic hydroxyl groups excluding tert-OH is 1. The summed E-state index contributed by atoms with van der Waals surface area (Å²) >= 11 is 0. The van der Waals surface area contributed by atoms with Crippen molar-refractivity contribution in [1.82, 2.24) is 4.31 Å². The molecule has 0 atom stereocenters. The van der Waals surface area contributed by atoms with E-state index >= 15 is 0 Å². The second-order valence-electron chi connectivity index (χ2n) is 4.46. The summed E-state index contributed by atoms with van der Waals surface area (Å²) in [4.78, 5) is 9.79. The van der Waals surface area contributed by atoms with Gasteiger partial charge in [0.25, 0.3) is 5.69 Å². The zero-order chi connectivity index (χ0) is 16.0. The summed E-state index contributed by atoms with van der Waals surface area (Å²) < 4.78 is 26.2. The lowest BCUT2D eigenvalue weighted by Gasteiger charge is -2.21. The summed E-state index contributed by atoms with van der Waals surface area (Å²) in [5.41, 5.74) is 5.25. The minimum atomic E-state index is -3.98. The molecule has 0 aromatic heterocycles. The van der Waals surface area contributed by atoms with Gasteiger partial charge in [-0.05, 0) is 12.5 Å². The van der Waals surface area contributed by atoms with Gasteiger partial charge in [-0.1, -0.05) is 13.3 Å². The van der Waals surface area contributed by atoms with Gasteiger partial charge in [0.2, 0.25) is 10.0 Å². The van der Waals surface area contributed by atoms with E-state index in [1.165, 1.54) is 6.07 Å². The second-order valence-corrected chi connectivity index (χ2v) is 6.37. The fraction of sp³-hybridized carbons (Fsp3) is 0.500. The number of nitrogens with two attached hydrogens (primary N) is 1. The summed E-state index contributed by atoms with van der Waals surface area (Å²) in [6, 6.07) is 3.29. The average Bonchev–Trinajstić information content (AvgIpc) is 2.43. The van der Waals surface area contributed by atoms with E-state index in [-0.39, 0.29) is 36.0 Å². The smallest absolute Gasteiger partial charge is 0.270 e. The van der Waals surface area contributed by atoms with E-state index < -0.39 is 14.9 Å². The first kappa shape index (κ1) is 17.3. The van der Waals surface area contributed by atoms with Crippen LogP contribution in [0.5, 0.6) is 0 Å². The van der Waals surface area contributed by atoms with Gasteiger partial charge in [-0.25, -0.2) is 8.42 Å². The monoisotopic (exact) mass is 317 g/mol. The Labute approximate surface area is 123 Å². The average molecular weight is 317 g/mol. The lowest BCUT2D eigenvalue weighted by molar-refractivity contribution is -0.385. The highest BCUT2D eigenvalue weighted by atomic mass is 32.2. The SMILES string of the molecule is CCCCN(CCO)S(=O)(=O)c1cc([N+](=O)[O-])ccc1N. The highest BCUT2D eigenvalue weighted by Crippen LogP contribution is 2.27. The fourth-order valence-corrected chi connectivity index (χ4v) is 3.40. The molecular weight excluding hydrogens is 298 g/mol. The molecule has 118 valence electrons. The molecule has 0 spiro atoms. The number of rotatable bonds is 8. The molecule has 1 rings (SSSR count). The van der Waals surface area contributed by atoms with Crippen molar-refractivity contribution < 1.29 is 18.4 Å². The van der Waals surface area contributed by atoms with Crippen LogP contribution in [0, 0.1) is 10.1 Å². The molecule has 0 radical (unpaired) electrons. The molecule has 0 saturated heterocycles. The number of unbranched alkanes of at least 4 members (excludes halogenated alkanes) is 1. The van der Waals surface area contributed by atoms with Gasteiger partial charge in [0, 0.05) is 25.2 Å². The first-order chi connectivity index (χ1) is 9.84. The molecule has 0 bridgehead atoms. The van der Waals surface area contributed by atoms with Crippen molar-refractivity contribution >= 4 is 21.4 Å². The molecular formula is C12H19N3O5S. The molecule has 0 amide bonds. The molecule has 21 heavy (non-hydrogen) atoms. The van der Waals surface area contributed by atoms with Crippen LogP contribution in [0.3, 0.4) is 0 Å². The molecule has 0 heterocycles. The van der Waals surface area contributed by atoms with Crippen LogP contribution in [0.4, 0.5) is 11.4 Å². The van der Waals surface area contributed by atoms with Gasteiger partial charge < -0.3 is 10.8 Å². The Morgan fingerprint density at radius 1 is 1.38 bits per heavy atom. The third-order valence-corrected chi connectivity index (χ3v) is 4.89. The van der Waals surface area contributed by atoms with E-state index in [1.54, 1.807) is 0 Å². The number of nitrogen functional groups attached to an aromatic ring is 1. The normalized spacial score (nSPS) is 11.8. The summed E-state index contributed by atoms with van der Waals surface area (Å²) in [5.74, 6) is 0. The van der Waals surface area contributed by atoms with Crippen molar-refractivity contribution in [2.24, 2.45) is 0 Å². The number of non-ortho nitro benzene ring substituents is 1. The second kappa shape index (κ2) is 7.34. The number of hydrogen-bond donors (Lipinski definition) is 2. The van der Waals surface area contributed by atoms with Crippen LogP contribution in [-0.2, 0) is 10.0 Å². The Hall–Kier alpha value is -1.71. The van der Waals surface area contributed by atoms with Crippen molar-refractivity contribution in [2.45, 2.75) is 24.7 Å². The molecule has 1 aromatic rings. The first-order valence-electron chi connectivity index (χ1n) is 6.49. The number of sulfonamides is 1. The number of benzene rings is 1. The lowest BCUT2D eigenvalue weighted by Crippen LogP contribution is -2.34. The van der Waals surface area contributed by atoms with Crippen LogP contribution in [0.15, 0.2) is 23.1 Å². The van der Waals surface area contributed by atoms with Gasteiger partial charge in [0.1, 0.15) is 4.90 Å². The van der Waals surface area contributed by atoms with E-state index in [9.17, 15) is 18.5 Å². The molecule has 3 N–H and O–H groups in total. The largest absolute Gasteiger partial charge is 0.398 e. The number of nitro benzene ring substituents is 1. The maximum absolute atomic E-state index is 12.5. The van der Waals surface area contributed by atoms with E-state index in [1.807, 2.05) is 6.92 Å². The third-order valence-electron chi connectivity index (χ3n) is 2.94. The lowest BCUT2D eigenvalue weighted by atomic mass is 10.3. The topological polar surface area (TPSA) is 127 Å². The van der Waals surface area contributed by atoms with Crippen molar-refractivity contribution in [3.63, 3.8) is 0 Å². The third kappa shape index (κ3) is 4.13. The maximum atomic E-state index is 12.5. The van der Waals surface area contributed by atoms with E-state index in [0.717, 1.165) is 22.9 Å². The zero-order valence-electron chi connectivity index (χ0n) is 11.7. The standard InChI is InChI=1S/C12H19N3O5S/c1-2-3-6-14(7-8-16)21(19,20)12-9-10(15(17)18)4-5-11(12)13/h4-5,9,16H,2-3,6-8,13H2,1H3.